The van der Waals surface area contributed by atoms with E-state index >= 15 is 0 Å². The summed E-state index contributed by atoms with van der Waals surface area (Å²) in [4.78, 5) is 15.0. The molecule has 21 heavy (non-hydrogen) atoms. The van der Waals surface area contributed by atoms with E-state index in [1.54, 1.807) is 0 Å². The molecule has 0 aromatic heterocycles. The minimum Gasteiger partial charge on any atom is -0.381 e. The monoisotopic (exact) mass is 318 g/mol. The SMILES string of the molecule is CCC(CC)(CN)C(=O)N1CCCC2(CCCOC2)C1.Cl. The molecule has 0 aromatic rings. The highest BCUT2D eigenvalue weighted by molar-refractivity contribution is 5.85. The molecule has 5 heteroatoms. The van der Waals surface area contributed by atoms with Crippen LogP contribution in [0.1, 0.15) is 52.4 Å². The van der Waals surface area contributed by atoms with Crippen molar-refractivity contribution in [1.29, 1.82) is 0 Å². The van der Waals surface area contributed by atoms with Gasteiger partial charge in [0, 0.05) is 31.7 Å². The Morgan fingerprint density at radius 1 is 1.29 bits per heavy atom. The minimum atomic E-state index is -0.353. The van der Waals surface area contributed by atoms with E-state index in [2.05, 4.69) is 18.7 Å². The summed E-state index contributed by atoms with van der Waals surface area (Å²) in [6, 6.07) is 0. The first-order valence-electron chi connectivity index (χ1n) is 8.18. The molecule has 2 N–H and O–H groups in total. The molecule has 1 unspecified atom stereocenters. The van der Waals surface area contributed by atoms with Crippen LogP contribution in [0.25, 0.3) is 0 Å². The van der Waals surface area contributed by atoms with Crippen molar-refractivity contribution in [3.63, 3.8) is 0 Å². The van der Waals surface area contributed by atoms with E-state index in [1.165, 1.54) is 12.8 Å². The van der Waals surface area contributed by atoms with Crippen LogP contribution in [-0.4, -0.2) is 43.7 Å². The molecular weight excluding hydrogens is 288 g/mol. The standard InChI is InChI=1S/C16H30N2O2.ClH/c1-3-16(4-2,11-17)14(19)18-9-5-7-15(12-18)8-6-10-20-13-15;/h3-13,17H2,1-2H3;1H. The fourth-order valence-electron chi connectivity index (χ4n) is 3.88. The Hall–Kier alpha value is -0.320. The lowest BCUT2D eigenvalue weighted by Gasteiger charge is -2.47. The number of ether oxygens (including phenoxy) is 1. The lowest BCUT2D eigenvalue weighted by molar-refractivity contribution is -0.148. The summed E-state index contributed by atoms with van der Waals surface area (Å²) in [7, 11) is 0. The molecule has 2 aliphatic rings. The number of likely N-dealkylation sites (tertiary alicyclic amines) is 1. The molecule has 0 radical (unpaired) electrons. The number of rotatable bonds is 4. The average Bonchev–Trinajstić information content (AvgIpc) is 2.50. The van der Waals surface area contributed by atoms with Gasteiger partial charge in [0.15, 0.2) is 0 Å². The summed E-state index contributed by atoms with van der Waals surface area (Å²) in [5, 5.41) is 0. The highest BCUT2D eigenvalue weighted by atomic mass is 35.5. The first kappa shape index (κ1) is 18.7. The molecule has 2 aliphatic heterocycles. The minimum absolute atomic E-state index is 0. The van der Waals surface area contributed by atoms with Crippen molar-refractivity contribution in [1.82, 2.24) is 4.90 Å². The molecule has 0 aromatic carbocycles. The summed E-state index contributed by atoms with van der Waals surface area (Å²) >= 11 is 0. The van der Waals surface area contributed by atoms with Crippen LogP contribution in [0.15, 0.2) is 0 Å². The Bertz CT molecular complexity index is 325. The van der Waals surface area contributed by atoms with Gasteiger partial charge in [-0.15, -0.1) is 12.4 Å². The smallest absolute Gasteiger partial charge is 0.230 e. The van der Waals surface area contributed by atoms with E-state index in [1.807, 2.05) is 0 Å². The Kier molecular flexibility index (Phi) is 6.95. The van der Waals surface area contributed by atoms with Crippen LogP contribution in [-0.2, 0) is 9.53 Å². The number of carbonyl (C=O) groups is 1. The molecule has 2 heterocycles. The Morgan fingerprint density at radius 3 is 2.48 bits per heavy atom. The second-order valence-electron chi connectivity index (χ2n) is 6.68. The van der Waals surface area contributed by atoms with Gasteiger partial charge < -0.3 is 15.4 Å². The number of hydrogen-bond acceptors (Lipinski definition) is 3. The third-order valence-electron chi connectivity index (χ3n) is 5.55. The lowest BCUT2D eigenvalue weighted by atomic mass is 9.74. The van der Waals surface area contributed by atoms with Gasteiger partial charge in [0.05, 0.1) is 12.0 Å². The third kappa shape index (κ3) is 3.72. The van der Waals surface area contributed by atoms with Crippen molar-refractivity contribution >= 4 is 18.3 Å². The Balaban J connectivity index is 0.00000220. The maximum atomic E-state index is 12.9. The lowest BCUT2D eigenvalue weighted by Crippen LogP contribution is -2.55. The van der Waals surface area contributed by atoms with Crippen LogP contribution < -0.4 is 5.73 Å². The van der Waals surface area contributed by atoms with Gasteiger partial charge in [-0.05, 0) is 38.5 Å². The molecule has 4 nitrogen and oxygen atoms in total. The second-order valence-corrected chi connectivity index (χ2v) is 6.68. The molecule has 0 bridgehead atoms. The van der Waals surface area contributed by atoms with E-state index in [9.17, 15) is 4.79 Å². The summed E-state index contributed by atoms with van der Waals surface area (Å²) in [5.41, 5.74) is 5.80. The average molecular weight is 319 g/mol. The molecule has 1 spiro atoms. The van der Waals surface area contributed by atoms with Crippen molar-refractivity contribution in [2.75, 3.05) is 32.8 Å². The van der Waals surface area contributed by atoms with Gasteiger partial charge in [-0.25, -0.2) is 0 Å². The van der Waals surface area contributed by atoms with E-state index < -0.39 is 0 Å². The van der Waals surface area contributed by atoms with Gasteiger partial charge in [-0.3, -0.25) is 4.79 Å². The number of halogens is 1. The Labute approximate surface area is 135 Å². The maximum absolute atomic E-state index is 12.9. The van der Waals surface area contributed by atoms with Gasteiger partial charge in [0.2, 0.25) is 5.91 Å². The zero-order valence-corrected chi connectivity index (χ0v) is 14.3. The highest BCUT2D eigenvalue weighted by Crippen LogP contribution is 2.39. The van der Waals surface area contributed by atoms with Crippen LogP contribution in [0, 0.1) is 10.8 Å². The van der Waals surface area contributed by atoms with Crippen molar-refractivity contribution in [2.24, 2.45) is 16.6 Å². The van der Waals surface area contributed by atoms with Crippen LogP contribution >= 0.6 is 12.4 Å². The number of nitrogens with two attached hydrogens (primary N) is 1. The van der Waals surface area contributed by atoms with E-state index in [0.717, 1.165) is 52.0 Å². The summed E-state index contributed by atoms with van der Waals surface area (Å²) in [6.07, 6.45) is 6.29. The first-order valence-corrected chi connectivity index (χ1v) is 8.18. The van der Waals surface area contributed by atoms with Crippen molar-refractivity contribution in [3.8, 4) is 0 Å². The van der Waals surface area contributed by atoms with Crippen LogP contribution in [0.4, 0.5) is 0 Å². The number of piperidine rings is 1. The van der Waals surface area contributed by atoms with Crippen molar-refractivity contribution in [2.45, 2.75) is 52.4 Å². The predicted octanol–water partition coefficient (Wildman–Crippen LogP) is 2.59. The Morgan fingerprint density at radius 2 is 1.95 bits per heavy atom. The fraction of sp³-hybridized carbons (Fsp3) is 0.938. The first-order chi connectivity index (χ1) is 9.61. The number of hydrogen-bond donors (Lipinski definition) is 1. The second kappa shape index (κ2) is 7.80. The van der Waals surface area contributed by atoms with E-state index in [-0.39, 0.29) is 29.1 Å². The van der Waals surface area contributed by atoms with Crippen LogP contribution in [0.5, 0.6) is 0 Å². The van der Waals surface area contributed by atoms with Crippen molar-refractivity contribution < 1.29 is 9.53 Å². The molecule has 1 amide bonds. The summed E-state index contributed by atoms with van der Waals surface area (Å²) in [6.45, 7) is 8.08. The van der Waals surface area contributed by atoms with Gasteiger partial charge in [-0.2, -0.15) is 0 Å². The normalized spacial score (nSPS) is 26.5. The molecule has 124 valence electrons. The third-order valence-corrected chi connectivity index (χ3v) is 5.55. The predicted molar refractivity (Wildman–Crippen MR) is 87.6 cm³/mol. The fourth-order valence-corrected chi connectivity index (χ4v) is 3.88. The van der Waals surface area contributed by atoms with Gasteiger partial charge in [0.1, 0.15) is 0 Å². The van der Waals surface area contributed by atoms with Crippen molar-refractivity contribution in [3.05, 3.63) is 0 Å². The topological polar surface area (TPSA) is 55.6 Å². The molecule has 2 fully saturated rings. The molecular formula is C16H31ClN2O2. The summed E-state index contributed by atoms with van der Waals surface area (Å²) in [5.74, 6) is 0.273. The number of carbonyl (C=O) groups excluding carboxylic acids is 1. The van der Waals surface area contributed by atoms with Gasteiger partial charge in [0.25, 0.3) is 0 Å². The maximum Gasteiger partial charge on any atom is 0.230 e. The number of nitrogens with zero attached hydrogens (tertiary/aromatic N) is 1. The molecule has 2 saturated heterocycles. The summed E-state index contributed by atoms with van der Waals surface area (Å²) < 4.78 is 5.69. The molecule has 0 aliphatic carbocycles. The van der Waals surface area contributed by atoms with E-state index in [4.69, 9.17) is 10.5 Å². The molecule has 0 saturated carbocycles. The van der Waals surface area contributed by atoms with Gasteiger partial charge >= 0.3 is 0 Å². The van der Waals surface area contributed by atoms with Crippen LogP contribution in [0.2, 0.25) is 0 Å². The zero-order valence-electron chi connectivity index (χ0n) is 13.5. The zero-order chi connectivity index (χ0) is 14.6. The molecule has 1 atom stereocenters. The highest BCUT2D eigenvalue weighted by Gasteiger charge is 2.43. The largest absolute Gasteiger partial charge is 0.381 e. The quantitative estimate of drug-likeness (QED) is 0.867. The van der Waals surface area contributed by atoms with Gasteiger partial charge in [-0.1, -0.05) is 13.8 Å². The van der Waals surface area contributed by atoms with Crippen LogP contribution in [0.3, 0.4) is 0 Å². The molecule has 2 rings (SSSR count). The van der Waals surface area contributed by atoms with E-state index in [0.29, 0.717) is 6.54 Å². The number of amides is 1.